The van der Waals surface area contributed by atoms with Crippen LogP contribution in [0, 0.1) is 11.3 Å². The normalized spacial score (nSPS) is 11.0. The maximum Gasteiger partial charge on any atom is 0.203 e. The van der Waals surface area contributed by atoms with Crippen molar-refractivity contribution in [2.24, 2.45) is 0 Å². The number of aromatic nitrogens is 3. The Kier molecular flexibility index (Phi) is 5.68. The molecule has 0 radical (unpaired) electrons. The van der Waals surface area contributed by atoms with Crippen molar-refractivity contribution in [3.05, 3.63) is 102 Å². The summed E-state index contributed by atoms with van der Waals surface area (Å²) in [5.74, 6) is 0.169. The Bertz CT molecular complexity index is 1290. The van der Waals surface area contributed by atoms with Crippen LogP contribution >= 0.6 is 0 Å². The van der Waals surface area contributed by atoms with E-state index in [1.54, 1.807) is 53.6 Å². The van der Waals surface area contributed by atoms with Crippen molar-refractivity contribution in [3.8, 4) is 28.8 Å². The first kappa shape index (κ1) is 19.8. The second-order valence-electron chi connectivity index (χ2n) is 6.69. The Hall–Kier alpha value is -4.50. The summed E-state index contributed by atoms with van der Waals surface area (Å²) in [5.41, 5.74) is 3.31. The highest BCUT2D eigenvalue weighted by Crippen LogP contribution is 2.26. The molecule has 0 atom stereocenters. The summed E-state index contributed by atoms with van der Waals surface area (Å²) in [6.07, 6.45) is 6.75. The van der Waals surface area contributed by atoms with Crippen molar-refractivity contribution in [1.29, 1.82) is 5.26 Å². The van der Waals surface area contributed by atoms with Crippen LogP contribution in [0.4, 0.5) is 0 Å². The number of hydrogen-bond donors (Lipinski definition) is 0. The number of para-hydroxylation sites is 1. The third-order valence-electron chi connectivity index (χ3n) is 4.70. The average molecular weight is 406 g/mol. The van der Waals surface area contributed by atoms with Gasteiger partial charge in [-0.2, -0.15) is 10.4 Å². The maximum absolute atomic E-state index is 13.0. The molecule has 0 fully saturated rings. The third-order valence-corrected chi connectivity index (χ3v) is 4.70. The monoisotopic (exact) mass is 406 g/mol. The molecule has 2 heterocycles. The summed E-state index contributed by atoms with van der Waals surface area (Å²) >= 11 is 0. The van der Waals surface area contributed by atoms with Crippen LogP contribution in [0.5, 0.6) is 5.75 Å². The van der Waals surface area contributed by atoms with Crippen LogP contribution in [-0.2, 0) is 0 Å². The van der Waals surface area contributed by atoms with E-state index in [2.05, 4.69) is 10.1 Å². The number of hydrogen-bond acceptors (Lipinski definition) is 5. The molecule has 31 heavy (non-hydrogen) atoms. The number of allylic oxidation sites excluding steroid dienone is 1. The van der Waals surface area contributed by atoms with E-state index in [0.29, 0.717) is 22.6 Å². The highest BCUT2D eigenvalue weighted by molar-refractivity contribution is 6.14. The van der Waals surface area contributed by atoms with E-state index in [9.17, 15) is 10.1 Å². The zero-order valence-electron chi connectivity index (χ0n) is 16.8. The molecule has 4 rings (SSSR count). The summed E-state index contributed by atoms with van der Waals surface area (Å²) in [4.78, 5) is 17.2. The lowest BCUT2D eigenvalue weighted by molar-refractivity contribution is 0.103. The van der Waals surface area contributed by atoms with Gasteiger partial charge in [-0.05, 0) is 42.5 Å². The lowest BCUT2D eigenvalue weighted by Crippen LogP contribution is -2.02. The molecule has 0 aliphatic carbocycles. The maximum atomic E-state index is 13.0. The predicted octanol–water partition coefficient (Wildman–Crippen LogP) is 4.73. The minimum absolute atomic E-state index is 0.00556. The number of rotatable bonds is 6. The zero-order valence-corrected chi connectivity index (χ0v) is 16.8. The first-order valence-corrected chi connectivity index (χ1v) is 9.55. The quantitative estimate of drug-likeness (QED) is 0.263. The SMILES string of the molecule is COc1cccc(C(=O)C(C#N)=Cc2cn(-c3ccccc3)nc2-c2cccnc2)c1. The lowest BCUT2D eigenvalue weighted by Gasteiger charge is -2.03. The van der Waals surface area contributed by atoms with Crippen molar-refractivity contribution in [3.63, 3.8) is 0 Å². The minimum Gasteiger partial charge on any atom is -0.497 e. The van der Waals surface area contributed by atoms with Gasteiger partial charge >= 0.3 is 0 Å². The summed E-state index contributed by atoms with van der Waals surface area (Å²) in [6, 6.07) is 22.1. The minimum atomic E-state index is -0.383. The molecule has 6 nitrogen and oxygen atoms in total. The Balaban J connectivity index is 1.81. The Morgan fingerprint density at radius 2 is 1.94 bits per heavy atom. The molecule has 0 aliphatic heterocycles. The Labute approximate surface area is 179 Å². The summed E-state index contributed by atoms with van der Waals surface area (Å²) < 4.78 is 6.91. The third kappa shape index (κ3) is 4.26. The van der Waals surface area contributed by atoms with Crippen molar-refractivity contribution >= 4 is 11.9 Å². The molecule has 0 spiro atoms. The number of nitriles is 1. The predicted molar refractivity (Wildman–Crippen MR) is 118 cm³/mol. The van der Waals surface area contributed by atoms with Gasteiger partial charge in [-0.1, -0.05) is 30.3 Å². The van der Waals surface area contributed by atoms with Crippen LogP contribution in [0.3, 0.4) is 0 Å². The van der Waals surface area contributed by atoms with Crippen LogP contribution in [0.25, 0.3) is 23.0 Å². The van der Waals surface area contributed by atoms with Crippen LogP contribution in [0.1, 0.15) is 15.9 Å². The number of pyridine rings is 1. The molecule has 0 unspecified atom stereocenters. The van der Waals surface area contributed by atoms with E-state index in [1.807, 2.05) is 48.5 Å². The van der Waals surface area contributed by atoms with E-state index in [1.165, 1.54) is 7.11 Å². The molecular formula is C25H18N4O2. The van der Waals surface area contributed by atoms with Gasteiger partial charge in [-0.25, -0.2) is 4.68 Å². The van der Waals surface area contributed by atoms with Crippen molar-refractivity contribution in [2.45, 2.75) is 0 Å². The molecule has 0 saturated heterocycles. The summed E-state index contributed by atoms with van der Waals surface area (Å²) in [5, 5.41) is 14.4. The number of ketones is 1. The molecular weight excluding hydrogens is 388 g/mol. The van der Waals surface area contributed by atoms with Crippen LogP contribution in [0.15, 0.2) is 90.9 Å². The highest BCUT2D eigenvalue weighted by atomic mass is 16.5. The number of ether oxygens (including phenoxy) is 1. The Morgan fingerprint density at radius 3 is 2.65 bits per heavy atom. The number of nitrogens with zero attached hydrogens (tertiary/aromatic N) is 4. The van der Waals surface area contributed by atoms with Gasteiger partial charge in [0, 0.05) is 35.3 Å². The highest BCUT2D eigenvalue weighted by Gasteiger charge is 2.17. The molecule has 0 bridgehead atoms. The fourth-order valence-corrected chi connectivity index (χ4v) is 3.16. The van der Waals surface area contributed by atoms with Crippen molar-refractivity contribution in [2.75, 3.05) is 7.11 Å². The standard InChI is InChI=1S/C25H18N4O2/c1-31-23-11-5-7-18(14-23)25(30)20(15-26)13-21-17-29(22-9-3-2-4-10-22)28-24(21)19-8-6-12-27-16-19/h2-14,16-17H,1H3. The topological polar surface area (TPSA) is 80.8 Å². The van der Waals surface area contributed by atoms with Crippen LogP contribution in [-0.4, -0.2) is 27.7 Å². The fraction of sp³-hybridized carbons (Fsp3) is 0.0400. The molecule has 0 amide bonds. The largest absolute Gasteiger partial charge is 0.497 e. The van der Waals surface area contributed by atoms with Crippen LogP contribution in [0.2, 0.25) is 0 Å². The van der Waals surface area contributed by atoms with E-state index in [4.69, 9.17) is 4.74 Å². The van der Waals surface area contributed by atoms with Crippen molar-refractivity contribution < 1.29 is 9.53 Å². The fourth-order valence-electron chi connectivity index (χ4n) is 3.16. The smallest absolute Gasteiger partial charge is 0.203 e. The summed E-state index contributed by atoms with van der Waals surface area (Å²) in [7, 11) is 1.53. The molecule has 4 aromatic rings. The molecule has 150 valence electrons. The molecule has 0 N–H and O–H groups in total. The van der Waals surface area contributed by atoms with Gasteiger partial charge in [0.25, 0.3) is 0 Å². The van der Waals surface area contributed by atoms with Gasteiger partial charge in [0.05, 0.1) is 12.8 Å². The second kappa shape index (κ2) is 8.89. The number of carbonyl (C=O) groups excluding carboxylic acids is 1. The zero-order chi connectivity index (χ0) is 21.6. The number of benzene rings is 2. The molecule has 0 aliphatic rings. The first-order valence-electron chi connectivity index (χ1n) is 9.55. The van der Waals surface area contributed by atoms with Crippen molar-refractivity contribution in [1.82, 2.24) is 14.8 Å². The number of Topliss-reactive ketones (excluding diaryl/α,β-unsaturated/α-hetero) is 1. The van der Waals surface area contributed by atoms with Gasteiger partial charge in [-0.3, -0.25) is 9.78 Å². The molecule has 2 aromatic carbocycles. The van der Waals surface area contributed by atoms with Gasteiger partial charge in [0.2, 0.25) is 5.78 Å². The molecule has 2 aromatic heterocycles. The van der Waals surface area contributed by atoms with E-state index >= 15 is 0 Å². The Morgan fingerprint density at radius 1 is 1.10 bits per heavy atom. The number of methoxy groups -OCH3 is 1. The average Bonchev–Trinajstić information content (AvgIpc) is 3.27. The summed E-state index contributed by atoms with van der Waals surface area (Å²) in [6.45, 7) is 0. The lowest BCUT2D eigenvalue weighted by atomic mass is 10.0. The second-order valence-corrected chi connectivity index (χ2v) is 6.69. The van der Waals surface area contributed by atoms with Gasteiger partial charge in [-0.15, -0.1) is 0 Å². The van der Waals surface area contributed by atoms with Gasteiger partial charge < -0.3 is 4.74 Å². The van der Waals surface area contributed by atoms with E-state index in [-0.39, 0.29) is 11.4 Å². The molecule has 0 saturated carbocycles. The molecule has 6 heteroatoms. The number of carbonyl (C=O) groups is 1. The van der Waals surface area contributed by atoms with E-state index in [0.717, 1.165) is 11.3 Å². The first-order chi connectivity index (χ1) is 15.2. The van der Waals surface area contributed by atoms with E-state index < -0.39 is 0 Å². The van der Waals surface area contributed by atoms with Gasteiger partial charge in [0.1, 0.15) is 23.1 Å². The van der Waals surface area contributed by atoms with Gasteiger partial charge in [0.15, 0.2) is 0 Å². The van der Waals surface area contributed by atoms with Crippen LogP contribution < -0.4 is 4.74 Å².